The van der Waals surface area contributed by atoms with Crippen LogP contribution in [0.25, 0.3) is 0 Å². The summed E-state index contributed by atoms with van der Waals surface area (Å²) in [5.41, 5.74) is 0. The molecule has 0 saturated heterocycles. The van der Waals surface area contributed by atoms with Crippen LogP contribution < -0.4 is 0 Å². The van der Waals surface area contributed by atoms with Gasteiger partial charge in [-0.2, -0.15) is 0 Å². The normalized spacial score (nSPS) is 12.2. The average Bonchev–Trinajstić information content (AvgIpc) is 3.42. The number of unbranched alkanes of at least 4 members (excludes halogenated alkanes) is 46. The minimum absolute atomic E-state index is 0.0723. The Morgan fingerprint density at radius 1 is 0.263 bits per heavy atom. The van der Waals surface area contributed by atoms with Crippen LogP contribution in [0.2, 0.25) is 0 Å². The van der Waals surface area contributed by atoms with E-state index in [0.717, 1.165) is 70.6 Å². The van der Waals surface area contributed by atoms with E-state index in [4.69, 9.17) is 14.2 Å². The van der Waals surface area contributed by atoms with E-state index >= 15 is 0 Å². The third kappa shape index (κ3) is 62.5. The van der Waals surface area contributed by atoms with E-state index in [-0.39, 0.29) is 31.1 Å². The highest BCUT2D eigenvalue weighted by Crippen LogP contribution is 2.18. The summed E-state index contributed by atoms with van der Waals surface area (Å²) in [6, 6.07) is 0. The van der Waals surface area contributed by atoms with Gasteiger partial charge < -0.3 is 14.2 Å². The van der Waals surface area contributed by atoms with Crippen LogP contribution >= 0.6 is 0 Å². The molecule has 1 atom stereocenters. The van der Waals surface area contributed by atoms with Crippen molar-refractivity contribution in [3.05, 3.63) is 36.5 Å². The molecule has 0 saturated carbocycles. The van der Waals surface area contributed by atoms with Gasteiger partial charge in [0.2, 0.25) is 0 Å². The summed E-state index contributed by atoms with van der Waals surface area (Å²) in [7, 11) is 0. The SMILES string of the molecule is CCCCC/C=C\C/C=C\CCCCCCCCCC(=O)OC(COC(=O)CCCCCCCCC/C=C\CCCCCCCC)COC(=O)CCCCCCCCCCCCCCCCCCCCCCCCCC. The van der Waals surface area contributed by atoms with Crippen molar-refractivity contribution in [2.75, 3.05) is 13.2 Å². The molecule has 6 heteroatoms. The lowest BCUT2D eigenvalue weighted by Crippen LogP contribution is -2.30. The maximum Gasteiger partial charge on any atom is 0.306 e. The maximum absolute atomic E-state index is 12.9. The molecule has 0 spiro atoms. The first-order valence-electron chi connectivity index (χ1n) is 34.0. The molecule has 1 unspecified atom stereocenters. The summed E-state index contributed by atoms with van der Waals surface area (Å²) >= 11 is 0. The van der Waals surface area contributed by atoms with Gasteiger partial charge in [0.25, 0.3) is 0 Å². The molecule has 0 aromatic rings. The summed E-state index contributed by atoms with van der Waals surface area (Å²) < 4.78 is 17.0. The van der Waals surface area contributed by atoms with Crippen LogP contribution in [0.1, 0.15) is 374 Å². The molecular formula is C70H130O6. The van der Waals surface area contributed by atoms with E-state index < -0.39 is 6.10 Å². The van der Waals surface area contributed by atoms with Gasteiger partial charge in [-0.05, 0) is 77.0 Å². The largest absolute Gasteiger partial charge is 0.462 e. The molecule has 76 heavy (non-hydrogen) atoms. The molecule has 0 aliphatic rings. The second kappa shape index (κ2) is 65.2. The number of rotatable bonds is 63. The van der Waals surface area contributed by atoms with Crippen LogP contribution in [0.4, 0.5) is 0 Å². The van der Waals surface area contributed by atoms with Crippen molar-refractivity contribution in [2.45, 2.75) is 380 Å². The highest BCUT2D eigenvalue weighted by atomic mass is 16.6. The number of hydrogen-bond donors (Lipinski definition) is 0. The third-order valence-electron chi connectivity index (χ3n) is 15.4. The van der Waals surface area contributed by atoms with Gasteiger partial charge >= 0.3 is 17.9 Å². The first kappa shape index (κ1) is 73.6. The molecule has 0 aliphatic carbocycles. The minimum Gasteiger partial charge on any atom is -0.462 e. The smallest absolute Gasteiger partial charge is 0.306 e. The van der Waals surface area contributed by atoms with Crippen LogP contribution in [0, 0.1) is 0 Å². The topological polar surface area (TPSA) is 78.9 Å². The minimum atomic E-state index is -0.777. The average molecular weight is 1070 g/mol. The summed E-state index contributed by atoms with van der Waals surface area (Å²) in [5.74, 6) is -0.858. The number of carbonyl (C=O) groups is 3. The zero-order valence-corrected chi connectivity index (χ0v) is 51.3. The molecule has 0 N–H and O–H groups in total. The van der Waals surface area contributed by atoms with Crippen molar-refractivity contribution in [1.29, 1.82) is 0 Å². The van der Waals surface area contributed by atoms with Crippen molar-refractivity contribution in [1.82, 2.24) is 0 Å². The maximum atomic E-state index is 12.9. The number of hydrogen-bond acceptors (Lipinski definition) is 6. The molecule has 0 aliphatic heterocycles. The van der Waals surface area contributed by atoms with Gasteiger partial charge in [-0.15, -0.1) is 0 Å². The summed E-state index contributed by atoms with van der Waals surface area (Å²) in [6.07, 6.45) is 80.2. The lowest BCUT2D eigenvalue weighted by molar-refractivity contribution is -0.167. The molecule has 0 radical (unpaired) electrons. The first-order chi connectivity index (χ1) is 37.5. The third-order valence-corrected chi connectivity index (χ3v) is 15.4. The van der Waals surface area contributed by atoms with Gasteiger partial charge in [-0.3, -0.25) is 14.4 Å². The van der Waals surface area contributed by atoms with E-state index in [2.05, 4.69) is 57.2 Å². The van der Waals surface area contributed by atoms with Crippen LogP contribution in [0.15, 0.2) is 36.5 Å². The van der Waals surface area contributed by atoms with E-state index in [1.54, 1.807) is 0 Å². The number of esters is 3. The van der Waals surface area contributed by atoms with Crippen molar-refractivity contribution in [3.8, 4) is 0 Å². The van der Waals surface area contributed by atoms with Gasteiger partial charge in [-0.25, -0.2) is 0 Å². The highest BCUT2D eigenvalue weighted by Gasteiger charge is 2.19. The van der Waals surface area contributed by atoms with E-state index in [1.807, 2.05) is 0 Å². The van der Waals surface area contributed by atoms with Crippen LogP contribution in [0.5, 0.6) is 0 Å². The van der Waals surface area contributed by atoms with Crippen molar-refractivity contribution < 1.29 is 28.6 Å². The summed E-state index contributed by atoms with van der Waals surface area (Å²) in [4.78, 5) is 38.4. The Kier molecular flexibility index (Phi) is 63.1. The predicted octanol–water partition coefficient (Wildman–Crippen LogP) is 23.2. The van der Waals surface area contributed by atoms with Crippen LogP contribution in [0.3, 0.4) is 0 Å². The molecule has 446 valence electrons. The van der Waals surface area contributed by atoms with Gasteiger partial charge in [0, 0.05) is 19.3 Å². The Hall–Kier alpha value is -2.37. The fourth-order valence-electron chi connectivity index (χ4n) is 10.2. The molecular weight excluding hydrogens is 937 g/mol. The summed E-state index contributed by atoms with van der Waals surface area (Å²) in [6.45, 7) is 6.67. The lowest BCUT2D eigenvalue weighted by atomic mass is 10.0. The second-order valence-corrected chi connectivity index (χ2v) is 23.1. The molecule has 0 fully saturated rings. The molecule has 6 nitrogen and oxygen atoms in total. The van der Waals surface area contributed by atoms with E-state index in [9.17, 15) is 14.4 Å². The zero-order chi connectivity index (χ0) is 55.0. The second-order valence-electron chi connectivity index (χ2n) is 23.1. The van der Waals surface area contributed by atoms with Gasteiger partial charge in [0.1, 0.15) is 13.2 Å². The Balaban J connectivity index is 4.28. The molecule has 0 heterocycles. The number of carbonyl (C=O) groups excluding carboxylic acids is 3. The van der Waals surface area contributed by atoms with Crippen molar-refractivity contribution in [2.24, 2.45) is 0 Å². The van der Waals surface area contributed by atoms with E-state index in [1.165, 1.54) is 263 Å². The Labute approximate surface area is 474 Å². The van der Waals surface area contributed by atoms with Crippen LogP contribution in [-0.2, 0) is 28.6 Å². The Morgan fingerprint density at radius 3 is 0.763 bits per heavy atom. The van der Waals surface area contributed by atoms with Gasteiger partial charge in [0.05, 0.1) is 0 Å². The van der Waals surface area contributed by atoms with Crippen LogP contribution in [-0.4, -0.2) is 37.2 Å². The Bertz CT molecular complexity index is 1270. The zero-order valence-electron chi connectivity index (χ0n) is 51.3. The quantitative estimate of drug-likeness (QED) is 0.0261. The lowest BCUT2D eigenvalue weighted by Gasteiger charge is -2.18. The number of ether oxygens (including phenoxy) is 3. The van der Waals surface area contributed by atoms with E-state index in [0.29, 0.717) is 19.3 Å². The fourth-order valence-corrected chi connectivity index (χ4v) is 10.2. The standard InChI is InChI=1S/C70H130O6/c1-4-7-10-13-16-19-22-25-28-31-32-33-34-35-36-37-40-42-45-48-51-54-57-60-63-69(72)75-66-67(76-70(73)64-61-58-55-52-49-46-43-39-30-27-24-21-18-15-12-9-6-3)65-74-68(71)62-59-56-53-50-47-44-41-38-29-26-23-20-17-14-11-8-5-2/h18,21,26-27,29-30,67H,4-17,19-20,22-25,28,31-66H2,1-3H3/b21-18-,29-26-,30-27-. The molecule has 0 bridgehead atoms. The highest BCUT2D eigenvalue weighted by molar-refractivity contribution is 5.71. The number of allylic oxidation sites excluding steroid dienone is 6. The van der Waals surface area contributed by atoms with Crippen molar-refractivity contribution in [3.63, 3.8) is 0 Å². The molecule has 0 rings (SSSR count). The van der Waals surface area contributed by atoms with Gasteiger partial charge in [-0.1, -0.05) is 314 Å². The molecule has 0 amide bonds. The first-order valence-corrected chi connectivity index (χ1v) is 34.0. The monoisotopic (exact) mass is 1070 g/mol. The molecule has 0 aromatic carbocycles. The fraction of sp³-hybridized carbons (Fsp3) is 0.871. The Morgan fingerprint density at radius 2 is 0.474 bits per heavy atom. The summed E-state index contributed by atoms with van der Waals surface area (Å²) in [5, 5.41) is 0. The molecule has 0 aromatic heterocycles. The van der Waals surface area contributed by atoms with Gasteiger partial charge in [0.15, 0.2) is 6.10 Å². The van der Waals surface area contributed by atoms with Crippen molar-refractivity contribution >= 4 is 17.9 Å². The predicted molar refractivity (Wildman–Crippen MR) is 330 cm³/mol.